The van der Waals surface area contributed by atoms with Crippen molar-refractivity contribution in [2.24, 2.45) is 10.9 Å². The summed E-state index contributed by atoms with van der Waals surface area (Å²) >= 11 is 0. The zero-order valence-corrected chi connectivity index (χ0v) is 21.9. The molecule has 1 unspecified atom stereocenters. The molecule has 8 heteroatoms. The van der Waals surface area contributed by atoms with Crippen molar-refractivity contribution in [3.05, 3.63) is 29.3 Å². The lowest BCUT2D eigenvalue weighted by Crippen LogP contribution is -2.44. The Balaban J connectivity index is 0.00000480. The number of nitrogens with one attached hydrogen (secondary N) is 2. The van der Waals surface area contributed by atoms with Crippen LogP contribution in [-0.4, -0.2) is 77.1 Å². The minimum atomic E-state index is 0. The van der Waals surface area contributed by atoms with E-state index in [9.17, 15) is 0 Å². The van der Waals surface area contributed by atoms with E-state index in [2.05, 4.69) is 54.5 Å². The molecule has 0 spiro atoms. The Kier molecular flexibility index (Phi) is 14.9. The summed E-state index contributed by atoms with van der Waals surface area (Å²) in [5.74, 6) is 2.29. The third kappa shape index (κ3) is 11.4. The standard InChI is InChI=1S/C23H40N4O3.HI/c1-5-24-23(25-16-20(3)18-27-9-13-29-14-10-27)26-17-21-8-7-19(2)15-22(21)30-12-6-11-28-4;/h7-8,15,20H,5-6,9-14,16-18H2,1-4H3,(H2,24,25,26);1H. The molecule has 2 N–H and O–H groups in total. The van der Waals surface area contributed by atoms with Crippen molar-refractivity contribution in [2.45, 2.75) is 33.7 Å². The molecule has 1 fully saturated rings. The highest BCUT2D eigenvalue weighted by Gasteiger charge is 2.14. The van der Waals surface area contributed by atoms with Crippen LogP contribution in [-0.2, 0) is 16.0 Å². The zero-order valence-electron chi connectivity index (χ0n) is 19.6. The highest BCUT2D eigenvalue weighted by molar-refractivity contribution is 14.0. The van der Waals surface area contributed by atoms with Gasteiger partial charge in [-0.1, -0.05) is 19.1 Å². The third-order valence-corrected chi connectivity index (χ3v) is 5.02. The molecule has 0 amide bonds. The normalized spacial score (nSPS) is 15.8. The van der Waals surface area contributed by atoms with E-state index in [0.717, 1.165) is 69.6 Å². The van der Waals surface area contributed by atoms with Gasteiger partial charge in [0.2, 0.25) is 0 Å². The number of hydrogen-bond acceptors (Lipinski definition) is 5. The van der Waals surface area contributed by atoms with Crippen molar-refractivity contribution in [3.8, 4) is 5.75 Å². The molecule has 0 radical (unpaired) electrons. The first-order chi connectivity index (χ1) is 14.6. The number of methoxy groups -OCH3 is 1. The molecule has 2 rings (SSSR count). The predicted octanol–water partition coefficient (Wildman–Crippen LogP) is 3.05. The van der Waals surface area contributed by atoms with Crippen LogP contribution in [0.1, 0.15) is 31.4 Å². The number of nitrogens with zero attached hydrogens (tertiary/aromatic N) is 2. The van der Waals surface area contributed by atoms with Gasteiger partial charge in [0, 0.05) is 58.4 Å². The van der Waals surface area contributed by atoms with Gasteiger partial charge >= 0.3 is 0 Å². The van der Waals surface area contributed by atoms with Gasteiger partial charge in [0.05, 0.1) is 26.4 Å². The molecule has 1 aromatic carbocycles. The minimum Gasteiger partial charge on any atom is -0.493 e. The Morgan fingerprint density at radius 1 is 1.23 bits per heavy atom. The summed E-state index contributed by atoms with van der Waals surface area (Å²) < 4.78 is 16.5. The lowest BCUT2D eigenvalue weighted by atomic mass is 10.1. The fourth-order valence-corrected chi connectivity index (χ4v) is 3.38. The van der Waals surface area contributed by atoms with E-state index >= 15 is 0 Å². The van der Waals surface area contributed by atoms with Gasteiger partial charge in [-0.2, -0.15) is 0 Å². The highest BCUT2D eigenvalue weighted by atomic mass is 127. The average Bonchev–Trinajstić information content (AvgIpc) is 2.75. The zero-order chi connectivity index (χ0) is 21.6. The second-order valence-electron chi connectivity index (χ2n) is 7.90. The van der Waals surface area contributed by atoms with Gasteiger partial charge in [0.25, 0.3) is 0 Å². The minimum absolute atomic E-state index is 0. The van der Waals surface area contributed by atoms with E-state index < -0.39 is 0 Å². The summed E-state index contributed by atoms with van der Waals surface area (Å²) in [7, 11) is 1.71. The molecule has 0 bridgehead atoms. The van der Waals surface area contributed by atoms with Crippen LogP contribution in [0, 0.1) is 12.8 Å². The Labute approximate surface area is 205 Å². The molecule has 178 valence electrons. The molecule has 1 atom stereocenters. The molecule has 0 aliphatic carbocycles. The Hall–Kier alpha value is -1.10. The number of hydrogen-bond donors (Lipinski definition) is 2. The summed E-state index contributed by atoms with van der Waals surface area (Å²) in [5.41, 5.74) is 2.28. The van der Waals surface area contributed by atoms with Crippen LogP contribution in [0.2, 0.25) is 0 Å². The average molecular weight is 549 g/mol. The van der Waals surface area contributed by atoms with Crippen LogP contribution in [0.5, 0.6) is 5.75 Å². The van der Waals surface area contributed by atoms with Crippen molar-refractivity contribution >= 4 is 29.9 Å². The number of benzene rings is 1. The molecule has 1 aliphatic rings. The van der Waals surface area contributed by atoms with Gasteiger partial charge in [-0.15, -0.1) is 24.0 Å². The fourth-order valence-electron chi connectivity index (χ4n) is 3.38. The quantitative estimate of drug-likeness (QED) is 0.181. The molecule has 1 aromatic rings. The SMILES string of the molecule is CCNC(=NCc1ccc(C)cc1OCCCOC)NCC(C)CN1CCOCC1.I. The first kappa shape index (κ1) is 27.9. The number of halogens is 1. The molecule has 1 aliphatic heterocycles. The van der Waals surface area contributed by atoms with Crippen molar-refractivity contribution in [2.75, 3.05) is 66.3 Å². The molecule has 0 aromatic heterocycles. The maximum absolute atomic E-state index is 5.99. The van der Waals surface area contributed by atoms with Gasteiger partial charge < -0.3 is 24.8 Å². The topological polar surface area (TPSA) is 67.4 Å². The van der Waals surface area contributed by atoms with Gasteiger partial charge in [-0.25, -0.2) is 4.99 Å². The predicted molar refractivity (Wildman–Crippen MR) is 138 cm³/mol. The van der Waals surface area contributed by atoms with Crippen LogP contribution < -0.4 is 15.4 Å². The number of guanidine groups is 1. The highest BCUT2D eigenvalue weighted by Crippen LogP contribution is 2.21. The van der Waals surface area contributed by atoms with Crippen LogP contribution in [0.25, 0.3) is 0 Å². The largest absolute Gasteiger partial charge is 0.493 e. The van der Waals surface area contributed by atoms with E-state index in [1.807, 2.05) is 0 Å². The van der Waals surface area contributed by atoms with Gasteiger partial charge in [-0.05, 0) is 31.4 Å². The van der Waals surface area contributed by atoms with E-state index in [0.29, 0.717) is 25.7 Å². The Morgan fingerprint density at radius 3 is 2.71 bits per heavy atom. The fraction of sp³-hybridized carbons (Fsp3) is 0.696. The molecule has 0 saturated carbocycles. The van der Waals surface area contributed by atoms with E-state index in [1.54, 1.807) is 7.11 Å². The molecule has 7 nitrogen and oxygen atoms in total. The maximum Gasteiger partial charge on any atom is 0.191 e. The summed E-state index contributed by atoms with van der Waals surface area (Å²) in [6.07, 6.45) is 0.873. The second kappa shape index (κ2) is 16.5. The molecular formula is C23H41IN4O3. The second-order valence-corrected chi connectivity index (χ2v) is 7.90. The first-order valence-corrected chi connectivity index (χ1v) is 11.2. The van der Waals surface area contributed by atoms with E-state index in [-0.39, 0.29) is 24.0 Å². The Morgan fingerprint density at radius 2 is 2.00 bits per heavy atom. The van der Waals surface area contributed by atoms with Crippen LogP contribution in [0.4, 0.5) is 0 Å². The van der Waals surface area contributed by atoms with Crippen molar-refractivity contribution in [1.82, 2.24) is 15.5 Å². The molecular weight excluding hydrogens is 507 g/mol. The summed E-state index contributed by atoms with van der Waals surface area (Å²) in [6, 6.07) is 6.30. The molecule has 31 heavy (non-hydrogen) atoms. The number of aliphatic imine (C=N–C) groups is 1. The number of rotatable bonds is 12. The van der Waals surface area contributed by atoms with Crippen molar-refractivity contribution in [3.63, 3.8) is 0 Å². The lowest BCUT2D eigenvalue weighted by Gasteiger charge is -2.29. The summed E-state index contributed by atoms with van der Waals surface area (Å²) in [5, 5.41) is 6.85. The Bertz CT molecular complexity index is 639. The molecule has 1 heterocycles. The lowest BCUT2D eigenvalue weighted by molar-refractivity contribution is 0.0320. The van der Waals surface area contributed by atoms with Crippen LogP contribution in [0.3, 0.4) is 0 Å². The number of ether oxygens (including phenoxy) is 3. The van der Waals surface area contributed by atoms with Crippen molar-refractivity contribution in [1.29, 1.82) is 0 Å². The number of aryl methyl sites for hydroxylation is 1. The smallest absolute Gasteiger partial charge is 0.191 e. The first-order valence-electron chi connectivity index (χ1n) is 11.2. The molecule has 1 saturated heterocycles. The third-order valence-electron chi connectivity index (χ3n) is 5.02. The van der Waals surface area contributed by atoms with Gasteiger partial charge in [0.1, 0.15) is 5.75 Å². The van der Waals surface area contributed by atoms with Crippen LogP contribution >= 0.6 is 24.0 Å². The summed E-state index contributed by atoms with van der Waals surface area (Å²) in [6.45, 7) is 14.9. The maximum atomic E-state index is 5.99. The van der Waals surface area contributed by atoms with E-state index in [4.69, 9.17) is 19.2 Å². The van der Waals surface area contributed by atoms with Crippen LogP contribution in [0.15, 0.2) is 23.2 Å². The van der Waals surface area contributed by atoms with Crippen molar-refractivity contribution < 1.29 is 14.2 Å². The number of morpholine rings is 1. The monoisotopic (exact) mass is 548 g/mol. The van der Waals surface area contributed by atoms with E-state index in [1.165, 1.54) is 5.56 Å². The van der Waals surface area contributed by atoms with Gasteiger partial charge in [0.15, 0.2) is 5.96 Å². The van der Waals surface area contributed by atoms with Gasteiger partial charge in [-0.3, -0.25) is 4.90 Å². The summed E-state index contributed by atoms with van der Waals surface area (Å²) in [4.78, 5) is 7.26.